The Morgan fingerprint density at radius 1 is 1.10 bits per heavy atom. The van der Waals surface area contributed by atoms with E-state index in [2.05, 4.69) is 44.2 Å². The van der Waals surface area contributed by atoms with Crippen molar-refractivity contribution in [1.29, 1.82) is 0 Å². The fourth-order valence-electron chi connectivity index (χ4n) is 2.17. The Labute approximate surface area is 131 Å². The van der Waals surface area contributed by atoms with Crippen LogP contribution < -0.4 is 10.5 Å². The molecule has 0 fully saturated rings. The van der Waals surface area contributed by atoms with Gasteiger partial charge in [-0.15, -0.1) is 0 Å². The van der Waals surface area contributed by atoms with Gasteiger partial charge in [0.2, 0.25) is 0 Å². The van der Waals surface area contributed by atoms with Gasteiger partial charge >= 0.3 is 0 Å². The van der Waals surface area contributed by atoms with Crippen LogP contribution in [0.1, 0.15) is 24.5 Å². The molecule has 2 nitrogen and oxygen atoms in total. The molecule has 0 saturated carbocycles. The van der Waals surface area contributed by atoms with Crippen LogP contribution in [0.3, 0.4) is 0 Å². The maximum Gasteiger partial charge on any atom is 0.118 e. The second kappa shape index (κ2) is 7.53. The lowest BCUT2D eigenvalue weighted by molar-refractivity contribution is 0.414. The maximum atomic E-state index is 6.05. The van der Waals surface area contributed by atoms with Crippen LogP contribution in [0.5, 0.6) is 5.75 Å². The van der Waals surface area contributed by atoms with Crippen LogP contribution in [0.25, 0.3) is 0 Å². The van der Waals surface area contributed by atoms with Crippen molar-refractivity contribution in [2.75, 3.05) is 7.11 Å². The lowest BCUT2D eigenvalue weighted by Gasteiger charge is -2.12. The summed E-state index contributed by atoms with van der Waals surface area (Å²) in [5.74, 6) is 0.888. The Morgan fingerprint density at radius 3 is 2.33 bits per heavy atom. The van der Waals surface area contributed by atoms with Gasteiger partial charge in [0.1, 0.15) is 5.75 Å². The summed E-state index contributed by atoms with van der Waals surface area (Å²) in [6, 6.07) is 15.0. The van der Waals surface area contributed by atoms with Crippen LogP contribution in [0, 0.1) is 6.92 Å². The monoisotopic (exact) mass is 301 g/mol. The summed E-state index contributed by atoms with van der Waals surface area (Å²) in [6.45, 7) is 4.30. The number of aryl methyl sites for hydroxylation is 1. The summed E-state index contributed by atoms with van der Waals surface area (Å²) in [5, 5.41) is 0. The van der Waals surface area contributed by atoms with Gasteiger partial charge in [-0.05, 0) is 67.3 Å². The number of nitrogens with two attached hydrogens (primary N) is 1. The van der Waals surface area contributed by atoms with Crippen molar-refractivity contribution >= 4 is 11.8 Å². The molecule has 2 aromatic rings. The average Bonchev–Trinajstić information content (AvgIpc) is 2.50. The molecule has 21 heavy (non-hydrogen) atoms. The van der Waals surface area contributed by atoms with Crippen molar-refractivity contribution in [3.05, 3.63) is 53.6 Å². The summed E-state index contributed by atoms with van der Waals surface area (Å²) in [5.41, 5.74) is 8.71. The molecule has 112 valence electrons. The molecular weight excluding hydrogens is 278 g/mol. The van der Waals surface area contributed by atoms with Gasteiger partial charge in [-0.3, -0.25) is 0 Å². The van der Waals surface area contributed by atoms with E-state index in [-0.39, 0.29) is 6.04 Å². The van der Waals surface area contributed by atoms with Crippen molar-refractivity contribution in [1.82, 2.24) is 0 Å². The summed E-state index contributed by atoms with van der Waals surface area (Å²) in [4.78, 5) is 2.47. The molecule has 2 aromatic carbocycles. The topological polar surface area (TPSA) is 35.2 Å². The number of benzene rings is 2. The molecule has 0 aliphatic rings. The van der Waals surface area contributed by atoms with Gasteiger partial charge in [0, 0.05) is 15.8 Å². The van der Waals surface area contributed by atoms with Gasteiger partial charge in [0.25, 0.3) is 0 Å². The van der Waals surface area contributed by atoms with E-state index in [0.717, 1.165) is 18.6 Å². The van der Waals surface area contributed by atoms with Crippen molar-refractivity contribution < 1.29 is 4.74 Å². The van der Waals surface area contributed by atoms with E-state index in [1.807, 2.05) is 12.1 Å². The molecule has 0 aromatic heterocycles. The van der Waals surface area contributed by atoms with Gasteiger partial charge in [-0.25, -0.2) is 0 Å². The van der Waals surface area contributed by atoms with E-state index in [4.69, 9.17) is 10.5 Å². The van der Waals surface area contributed by atoms with Crippen LogP contribution in [-0.4, -0.2) is 13.2 Å². The minimum atomic E-state index is 0.254. The Kier molecular flexibility index (Phi) is 5.71. The zero-order valence-electron chi connectivity index (χ0n) is 12.9. The van der Waals surface area contributed by atoms with Crippen molar-refractivity contribution in [3.8, 4) is 5.75 Å². The Balaban J connectivity index is 2.08. The van der Waals surface area contributed by atoms with E-state index >= 15 is 0 Å². The molecule has 0 heterocycles. The largest absolute Gasteiger partial charge is 0.497 e. The van der Waals surface area contributed by atoms with E-state index in [0.29, 0.717) is 0 Å². The van der Waals surface area contributed by atoms with Crippen LogP contribution in [-0.2, 0) is 6.42 Å². The molecule has 0 radical (unpaired) electrons. The Bertz CT molecular complexity index is 580. The fraction of sp³-hybridized carbons (Fsp3) is 0.333. The summed E-state index contributed by atoms with van der Waals surface area (Å²) < 4.78 is 5.18. The van der Waals surface area contributed by atoms with Crippen LogP contribution >= 0.6 is 11.8 Å². The van der Waals surface area contributed by atoms with Gasteiger partial charge in [-0.2, -0.15) is 0 Å². The molecule has 2 rings (SSSR count). The molecule has 3 heteroatoms. The van der Waals surface area contributed by atoms with Crippen LogP contribution in [0.2, 0.25) is 0 Å². The van der Waals surface area contributed by atoms with E-state index in [1.54, 1.807) is 18.9 Å². The van der Waals surface area contributed by atoms with Crippen molar-refractivity contribution in [2.45, 2.75) is 42.5 Å². The number of rotatable bonds is 6. The first-order valence-corrected chi connectivity index (χ1v) is 8.11. The quantitative estimate of drug-likeness (QED) is 0.857. The maximum absolute atomic E-state index is 6.05. The van der Waals surface area contributed by atoms with Gasteiger partial charge < -0.3 is 10.5 Å². The molecule has 0 bridgehead atoms. The Morgan fingerprint density at radius 2 is 1.76 bits per heavy atom. The molecule has 1 atom stereocenters. The smallest absolute Gasteiger partial charge is 0.118 e. The number of ether oxygens (including phenoxy) is 1. The van der Waals surface area contributed by atoms with E-state index in [1.165, 1.54) is 20.9 Å². The molecule has 0 spiro atoms. The van der Waals surface area contributed by atoms with Gasteiger partial charge in [-0.1, -0.05) is 24.8 Å². The third kappa shape index (κ3) is 4.51. The highest BCUT2D eigenvalue weighted by molar-refractivity contribution is 7.99. The first-order chi connectivity index (χ1) is 10.1. The molecule has 0 amide bonds. The molecule has 0 aliphatic carbocycles. The zero-order chi connectivity index (χ0) is 15.2. The van der Waals surface area contributed by atoms with Crippen LogP contribution in [0.4, 0.5) is 0 Å². The minimum Gasteiger partial charge on any atom is -0.497 e. The Hall–Kier alpha value is -1.45. The molecule has 2 N–H and O–H groups in total. The minimum absolute atomic E-state index is 0.254. The third-order valence-electron chi connectivity index (χ3n) is 3.62. The molecule has 0 aliphatic heterocycles. The number of methoxy groups -OCH3 is 1. The standard InChI is InChI=1S/C18H23NOS/c1-4-15(19)12-14-5-8-18(11-13(14)2)21-17-9-6-16(20-3)7-10-17/h5-11,15H,4,12,19H2,1-3H3. The van der Waals surface area contributed by atoms with Crippen LogP contribution in [0.15, 0.2) is 52.3 Å². The van der Waals surface area contributed by atoms with Gasteiger partial charge in [0.15, 0.2) is 0 Å². The van der Waals surface area contributed by atoms with Crippen molar-refractivity contribution in [3.63, 3.8) is 0 Å². The highest BCUT2D eigenvalue weighted by Gasteiger charge is 2.06. The molecule has 0 saturated heterocycles. The highest BCUT2D eigenvalue weighted by atomic mass is 32.2. The SMILES string of the molecule is CCC(N)Cc1ccc(Sc2ccc(OC)cc2)cc1C. The second-order valence-electron chi connectivity index (χ2n) is 5.24. The second-order valence-corrected chi connectivity index (χ2v) is 6.39. The summed E-state index contributed by atoms with van der Waals surface area (Å²) in [6.07, 6.45) is 1.97. The van der Waals surface area contributed by atoms with E-state index in [9.17, 15) is 0 Å². The predicted molar refractivity (Wildman–Crippen MR) is 90.3 cm³/mol. The summed E-state index contributed by atoms with van der Waals surface area (Å²) >= 11 is 1.77. The summed E-state index contributed by atoms with van der Waals surface area (Å²) in [7, 11) is 1.69. The average molecular weight is 301 g/mol. The predicted octanol–water partition coefficient (Wildman–Crippen LogP) is 4.43. The number of hydrogen-bond donors (Lipinski definition) is 1. The highest BCUT2D eigenvalue weighted by Crippen LogP contribution is 2.30. The fourth-order valence-corrected chi connectivity index (χ4v) is 3.08. The lowest BCUT2D eigenvalue weighted by Crippen LogP contribution is -2.21. The van der Waals surface area contributed by atoms with E-state index < -0.39 is 0 Å². The van der Waals surface area contributed by atoms with Gasteiger partial charge in [0.05, 0.1) is 7.11 Å². The molecular formula is C18H23NOS. The first-order valence-electron chi connectivity index (χ1n) is 7.29. The van der Waals surface area contributed by atoms with Crippen molar-refractivity contribution in [2.24, 2.45) is 5.73 Å². The molecule has 1 unspecified atom stereocenters. The number of hydrogen-bond acceptors (Lipinski definition) is 3. The zero-order valence-corrected chi connectivity index (χ0v) is 13.7. The lowest BCUT2D eigenvalue weighted by atomic mass is 10.0. The third-order valence-corrected chi connectivity index (χ3v) is 4.61. The first kappa shape index (κ1) is 15.9. The normalized spacial score (nSPS) is 12.2.